The van der Waals surface area contributed by atoms with E-state index >= 15 is 0 Å². The highest BCUT2D eigenvalue weighted by atomic mass is 79.9. The SMILES string of the molecule is CCc1c(OC(F)F)cccc1C(=O)C(C)Br. The third-order valence-corrected chi connectivity index (χ3v) is 2.75. The first-order valence-electron chi connectivity index (χ1n) is 5.22. The molecule has 0 spiro atoms. The number of rotatable bonds is 5. The summed E-state index contributed by atoms with van der Waals surface area (Å²) in [6, 6.07) is 4.61. The zero-order chi connectivity index (χ0) is 13.0. The lowest BCUT2D eigenvalue weighted by molar-refractivity contribution is -0.0504. The molecule has 0 N–H and O–H groups in total. The van der Waals surface area contributed by atoms with Crippen LogP contribution in [0.1, 0.15) is 29.8 Å². The first-order chi connectivity index (χ1) is 7.97. The van der Waals surface area contributed by atoms with Gasteiger partial charge in [0, 0.05) is 11.1 Å². The van der Waals surface area contributed by atoms with Gasteiger partial charge in [0.2, 0.25) is 0 Å². The van der Waals surface area contributed by atoms with Crippen molar-refractivity contribution in [1.29, 1.82) is 0 Å². The lowest BCUT2D eigenvalue weighted by atomic mass is 9.99. The van der Waals surface area contributed by atoms with Gasteiger partial charge in [-0.2, -0.15) is 8.78 Å². The number of carbonyl (C=O) groups is 1. The van der Waals surface area contributed by atoms with Crippen molar-refractivity contribution in [2.75, 3.05) is 0 Å². The molecule has 2 nitrogen and oxygen atoms in total. The molecule has 5 heteroatoms. The van der Waals surface area contributed by atoms with E-state index in [1.54, 1.807) is 26.0 Å². The summed E-state index contributed by atoms with van der Waals surface area (Å²) < 4.78 is 28.8. The Kier molecular flexibility index (Phi) is 5.05. The van der Waals surface area contributed by atoms with Crippen molar-refractivity contribution in [2.45, 2.75) is 31.7 Å². The third-order valence-electron chi connectivity index (χ3n) is 2.33. The van der Waals surface area contributed by atoms with Gasteiger partial charge in [-0.05, 0) is 19.4 Å². The summed E-state index contributed by atoms with van der Waals surface area (Å²) in [7, 11) is 0. The summed E-state index contributed by atoms with van der Waals surface area (Å²) in [6.07, 6.45) is 0.462. The lowest BCUT2D eigenvalue weighted by Crippen LogP contribution is -2.14. The molecule has 0 fully saturated rings. The molecule has 0 aromatic heterocycles. The fourth-order valence-corrected chi connectivity index (χ4v) is 1.83. The van der Waals surface area contributed by atoms with Crippen LogP contribution in [0.5, 0.6) is 5.75 Å². The fraction of sp³-hybridized carbons (Fsp3) is 0.417. The van der Waals surface area contributed by atoms with Gasteiger partial charge in [-0.1, -0.05) is 35.0 Å². The minimum atomic E-state index is -2.88. The molecular weight excluding hydrogens is 294 g/mol. The van der Waals surface area contributed by atoms with E-state index in [-0.39, 0.29) is 16.4 Å². The van der Waals surface area contributed by atoms with Crippen LogP contribution in [0, 0.1) is 0 Å². The highest BCUT2D eigenvalue weighted by molar-refractivity contribution is 9.10. The van der Waals surface area contributed by atoms with Crippen molar-refractivity contribution in [1.82, 2.24) is 0 Å². The van der Waals surface area contributed by atoms with Crippen LogP contribution in [0.4, 0.5) is 8.78 Å². The van der Waals surface area contributed by atoms with E-state index in [4.69, 9.17) is 0 Å². The zero-order valence-corrected chi connectivity index (χ0v) is 11.1. The van der Waals surface area contributed by atoms with Gasteiger partial charge in [0.25, 0.3) is 0 Å². The van der Waals surface area contributed by atoms with Crippen LogP contribution >= 0.6 is 15.9 Å². The van der Waals surface area contributed by atoms with Gasteiger partial charge >= 0.3 is 6.61 Å². The molecule has 0 saturated heterocycles. The minimum Gasteiger partial charge on any atom is -0.435 e. The Balaban J connectivity index is 3.18. The van der Waals surface area contributed by atoms with Crippen LogP contribution in [0.25, 0.3) is 0 Å². The number of ether oxygens (including phenoxy) is 1. The largest absolute Gasteiger partial charge is 0.435 e. The Morgan fingerprint density at radius 2 is 2.12 bits per heavy atom. The van der Waals surface area contributed by atoms with Crippen LogP contribution in [0.2, 0.25) is 0 Å². The summed E-state index contributed by atoms with van der Waals surface area (Å²) in [4.78, 5) is 11.5. The average molecular weight is 307 g/mol. The molecule has 1 atom stereocenters. The van der Waals surface area contributed by atoms with Gasteiger partial charge in [0.1, 0.15) is 5.75 Å². The molecule has 0 aliphatic carbocycles. The second kappa shape index (κ2) is 6.10. The molecule has 1 aromatic rings. The Bertz CT molecular complexity index is 405. The van der Waals surface area contributed by atoms with E-state index in [1.807, 2.05) is 0 Å². The lowest BCUT2D eigenvalue weighted by Gasteiger charge is -2.14. The molecule has 0 aliphatic heterocycles. The number of hydrogen-bond acceptors (Lipinski definition) is 2. The second-order valence-corrected chi connectivity index (χ2v) is 4.87. The van der Waals surface area contributed by atoms with Crippen molar-refractivity contribution < 1.29 is 18.3 Å². The first kappa shape index (κ1) is 14.1. The average Bonchev–Trinajstić information content (AvgIpc) is 2.26. The van der Waals surface area contributed by atoms with Gasteiger partial charge < -0.3 is 4.74 Å². The van der Waals surface area contributed by atoms with Gasteiger partial charge in [0.05, 0.1) is 4.83 Å². The van der Waals surface area contributed by atoms with Crippen molar-refractivity contribution in [2.24, 2.45) is 0 Å². The highest BCUT2D eigenvalue weighted by Gasteiger charge is 2.19. The number of benzene rings is 1. The van der Waals surface area contributed by atoms with Gasteiger partial charge in [-0.3, -0.25) is 4.79 Å². The summed E-state index contributed by atoms with van der Waals surface area (Å²) in [5.74, 6) is -0.0666. The molecule has 1 rings (SSSR count). The Hall–Kier alpha value is -0.970. The second-order valence-electron chi connectivity index (χ2n) is 3.49. The number of carbonyl (C=O) groups excluding carboxylic acids is 1. The molecule has 0 heterocycles. The van der Waals surface area contributed by atoms with Crippen molar-refractivity contribution in [3.8, 4) is 5.75 Å². The number of Topliss-reactive ketones (excluding diaryl/α,β-unsaturated/α-hetero) is 1. The predicted molar refractivity (Wildman–Crippen MR) is 65.2 cm³/mol. The molecule has 0 amide bonds. The molecular formula is C12H13BrF2O2. The fourth-order valence-electron chi connectivity index (χ4n) is 1.58. The van der Waals surface area contributed by atoms with Gasteiger partial charge in [-0.15, -0.1) is 0 Å². The summed E-state index contributed by atoms with van der Waals surface area (Å²) >= 11 is 3.18. The molecule has 94 valence electrons. The standard InChI is InChI=1S/C12H13BrF2O2/c1-3-8-9(11(16)7(2)13)5-4-6-10(8)17-12(14)15/h4-7,12H,3H2,1-2H3. The first-order valence-corrected chi connectivity index (χ1v) is 6.13. The molecule has 0 bridgehead atoms. The summed E-state index contributed by atoms with van der Waals surface area (Å²) in [5, 5.41) is 0. The van der Waals surface area contributed by atoms with Crippen molar-refractivity contribution >= 4 is 21.7 Å². The molecule has 0 radical (unpaired) electrons. The van der Waals surface area contributed by atoms with E-state index in [9.17, 15) is 13.6 Å². The van der Waals surface area contributed by atoms with E-state index in [1.165, 1.54) is 6.07 Å². The van der Waals surface area contributed by atoms with Crippen molar-refractivity contribution in [3.05, 3.63) is 29.3 Å². The van der Waals surface area contributed by atoms with Crippen LogP contribution < -0.4 is 4.74 Å². The smallest absolute Gasteiger partial charge is 0.387 e. The number of hydrogen-bond donors (Lipinski definition) is 0. The maximum Gasteiger partial charge on any atom is 0.387 e. The Morgan fingerprint density at radius 1 is 1.47 bits per heavy atom. The van der Waals surface area contributed by atoms with Crippen LogP contribution in [-0.4, -0.2) is 17.2 Å². The molecule has 17 heavy (non-hydrogen) atoms. The van der Waals surface area contributed by atoms with Crippen LogP contribution in [0.3, 0.4) is 0 Å². The third kappa shape index (κ3) is 3.49. The maximum absolute atomic E-state index is 12.2. The Morgan fingerprint density at radius 3 is 2.59 bits per heavy atom. The van der Waals surface area contributed by atoms with E-state index in [0.717, 1.165) is 0 Å². The monoisotopic (exact) mass is 306 g/mol. The van der Waals surface area contributed by atoms with Gasteiger partial charge in [0.15, 0.2) is 5.78 Å². The molecule has 0 aliphatic rings. The zero-order valence-electron chi connectivity index (χ0n) is 9.54. The topological polar surface area (TPSA) is 26.3 Å². The predicted octanol–water partition coefficient (Wildman–Crippen LogP) is 3.82. The summed E-state index contributed by atoms with van der Waals surface area (Å²) in [5.41, 5.74) is 0.944. The van der Waals surface area contributed by atoms with E-state index in [2.05, 4.69) is 20.7 Å². The Labute approximate surface area is 107 Å². The number of alkyl halides is 3. The molecule has 1 unspecified atom stereocenters. The van der Waals surface area contributed by atoms with E-state index < -0.39 is 6.61 Å². The minimum absolute atomic E-state index is 0.0708. The highest BCUT2D eigenvalue weighted by Crippen LogP contribution is 2.26. The van der Waals surface area contributed by atoms with E-state index in [0.29, 0.717) is 17.5 Å². The summed E-state index contributed by atoms with van der Waals surface area (Å²) in [6.45, 7) is 0.609. The molecule has 0 saturated carbocycles. The van der Waals surface area contributed by atoms with Gasteiger partial charge in [-0.25, -0.2) is 0 Å². The van der Waals surface area contributed by atoms with Crippen molar-refractivity contribution in [3.63, 3.8) is 0 Å². The molecule has 1 aromatic carbocycles. The quantitative estimate of drug-likeness (QED) is 0.610. The maximum atomic E-state index is 12.2. The van der Waals surface area contributed by atoms with Crippen LogP contribution in [0.15, 0.2) is 18.2 Å². The van der Waals surface area contributed by atoms with Crippen LogP contribution in [-0.2, 0) is 6.42 Å². The normalized spacial score (nSPS) is 12.6. The number of halogens is 3. The number of ketones is 1.